The normalized spacial score (nSPS) is 15.4. The summed E-state index contributed by atoms with van der Waals surface area (Å²) in [4.78, 5) is 14.0. The molecule has 0 saturated carbocycles. The minimum absolute atomic E-state index is 0.0177. The van der Waals surface area contributed by atoms with Gasteiger partial charge >= 0.3 is 5.97 Å². The van der Waals surface area contributed by atoms with Gasteiger partial charge in [0, 0.05) is 17.6 Å². The molecule has 0 aliphatic heterocycles. The number of carbonyl (C=O) groups is 1. The molecule has 0 aromatic heterocycles. The van der Waals surface area contributed by atoms with Gasteiger partial charge in [0.25, 0.3) is 0 Å². The molecule has 0 aliphatic rings. The Bertz CT molecular complexity index is 424. The third-order valence-electron chi connectivity index (χ3n) is 3.91. The molecule has 0 bridgehead atoms. The van der Waals surface area contributed by atoms with Crippen LogP contribution in [0.1, 0.15) is 27.7 Å². The predicted octanol–water partition coefficient (Wildman–Crippen LogP) is 4.05. The second-order valence-corrected chi connectivity index (χ2v) is 11.4. The van der Waals surface area contributed by atoms with E-state index in [2.05, 4.69) is 48.6 Å². The van der Waals surface area contributed by atoms with Crippen molar-refractivity contribution in [2.24, 2.45) is 11.0 Å². The highest BCUT2D eigenvalue weighted by Crippen LogP contribution is 2.36. The van der Waals surface area contributed by atoms with Crippen LogP contribution >= 0.6 is 0 Å². The highest BCUT2D eigenvalue weighted by molar-refractivity contribution is 6.74. The third-order valence-corrected chi connectivity index (χ3v) is 8.41. The lowest BCUT2D eigenvalue weighted by molar-refractivity contribution is -0.134. The largest absolute Gasteiger partial charge is 0.466 e. The summed E-state index contributed by atoms with van der Waals surface area (Å²) in [7, 11) is -0.534. The molecule has 0 heterocycles. The van der Waals surface area contributed by atoms with Crippen LogP contribution in [-0.4, -0.2) is 34.0 Å². The molecule has 21 heavy (non-hydrogen) atoms. The molecule has 120 valence electrons. The number of azide groups is 1. The minimum atomic E-state index is -1.84. The Morgan fingerprint density at radius 2 is 2.00 bits per heavy atom. The zero-order valence-corrected chi connectivity index (χ0v) is 15.1. The lowest BCUT2D eigenvalue weighted by Crippen LogP contribution is -2.42. The summed E-state index contributed by atoms with van der Waals surface area (Å²) in [5.74, 6) is -0.485. The lowest BCUT2D eigenvalue weighted by Gasteiger charge is -2.37. The molecule has 0 aromatic rings. The van der Waals surface area contributed by atoms with Crippen molar-refractivity contribution < 1.29 is 14.0 Å². The van der Waals surface area contributed by atoms with E-state index in [1.807, 2.05) is 6.92 Å². The Balaban J connectivity index is 4.78. The number of esters is 1. The average Bonchev–Trinajstić information content (AvgIpc) is 2.39. The average molecular weight is 313 g/mol. The quantitative estimate of drug-likeness (QED) is 0.177. The number of methoxy groups -OCH3 is 1. The molecule has 0 radical (unpaired) electrons. The molecular weight excluding hydrogens is 286 g/mol. The summed E-state index contributed by atoms with van der Waals surface area (Å²) < 4.78 is 10.7. The first kappa shape index (κ1) is 19.7. The van der Waals surface area contributed by atoms with Crippen molar-refractivity contribution in [2.75, 3.05) is 13.7 Å². The Morgan fingerprint density at radius 3 is 2.43 bits per heavy atom. The number of carbonyl (C=O) groups excluding carboxylic acids is 1. The maximum absolute atomic E-state index is 11.1. The second kappa shape index (κ2) is 8.22. The Labute approximate surface area is 128 Å². The fraction of sp³-hybridized carbons (Fsp3) is 0.786. The molecule has 6 nitrogen and oxygen atoms in total. The summed E-state index contributed by atoms with van der Waals surface area (Å²) in [5.41, 5.74) is 8.64. The summed E-state index contributed by atoms with van der Waals surface area (Å²) in [6, 6.07) is -0.432. The smallest absolute Gasteiger partial charge is 0.330 e. The van der Waals surface area contributed by atoms with E-state index in [0.29, 0.717) is 6.61 Å². The lowest BCUT2D eigenvalue weighted by atomic mass is 10.0. The van der Waals surface area contributed by atoms with E-state index in [4.69, 9.17) is 9.96 Å². The number of hydrogen-bond donors (Lipinski definition) is 0. The van der Waals surface area contributed by atoms with Gasteiger partial charge in [-0.3, -0.25) is 0 Å². The van der Waals surface area contributed by atoms with Crippen molar-refractivity contribution in [3.63, 3.8) is 0 Å². The van der Waals surface area contributed by atoms with E-state index >= 15 is 0 Å². The monoisotopic (exact) mass is 313 g/mol. The van der Waals surface area contributed by atoms with E-state index in [-0.39, 0.29) is 11.0 Å². The molecule has 2 atom stereocenters. The molecule has 0 spiro atoms. The fourth-order valence-corrected chi connectivity index (χ4v) is 2.41. The van der Waals surface area contributed by atoms with Crippen LogP contribution in [-0.2, 0) is 14.0 Å². The molecule has 0 N–H and O–H groups in total. The van der Waals surface area contributed by atoms with Gasteiger partial charge in [0.05, 0.1) is 13.2 Å². The topological polar surface area (TPSA) is 84.3 Å². The first-order valence-corrected chi connectivity index (χ1v) is 9.90. The van der Waals surface area contributed by atoms with Crippen molar-refractivity contribution in [3.05, 3.63) is 22.6 Å². The van der Waals surface area contributed by atoms with Crippen LogP contribution in [0.15, 0.2) is 17.3 Å². The molecular formula is C14H27N3O3Si. The highest BCUT2D eigenvalue weighted by Gasteiger charge is 2.37. The van der Waals surface area contributed by atoms with Crippen LogP contribution in [0.5, 0.6) is 0 Å². The molecule has 0 rings (SSSR count). The first-order valence-electron chi connectivity index (χ1n) is 6.99. The molecule has 0 aliphatic carbocycles. The molecule has 7 heteroatoms. The number of hydrogen-bond acceptors (Lipinski definition) is 4. The summed E-state index contributed by atoms with van der Waals surface area (Å²) in [6.07, 6.45) is 2.84. The number of rotatable bonds is 7. The van der Waals surface area contributed by atoms with Crippen LogP contribution in [0.4, 0.5) is 0 Å². The third kappa shape index (κ3) is 6.79. The zero-order chi connectivity index (χ0) is 16.7. The van der Waals surface area contributed by atoms with Crippen LogP contribution < -0.4 is 0 Å². The van der Waals surface area contributed by atoms with Gasteiger partial charge in [0.2, 0.25) is 0 Å². The standard InChI is InChI=1S/C14H27N3O3Si/c1-11(10-20-21(6,7)14(2,3)4)12(16-17-15)8-9-13(18)19-5/h8-9,11-12H,10H2,1-7H3/b9-8+/t11-,12+/m1/s1. The zero-order valence-electron chi connectivity index (χ0n) is 14.1. The van der Waals surface area contributed by atoms with Crippen LogP contribution in [0, 0.1) is 5.92 Å². The van der Waals surface area contributed by atoms with Gasteiger partial charge in [-0.2, -0.15) is 0 Å². The van der Waals surface area contributed by atoms with Crippen molar-refractivity contribution in [1.29, 1.82) is 0 Å². The molecule has 0 unspecified atom stereocenters. The van der Waals surface area contributed by atoms with E-state index in [1.54, 1.807) is 6.08 Å². The number of nitrogens with zero attached hydrogens (tertiary/aromatic N) is 3. The molecule has 0 saturated heterocycles. The molecule has 0 amide bonds. The number of ether oxygens (including phenoxy) is 1. The predicted molar refractivity (Wildman–Crippen MR) is 86.4 cm³/mol. The van der Waals surface area contributed by atoms with Gasteiger partial charge in [-0.05, 0) is 29.6 Å². The van der Waals surface area contributed by atoms with E-state index in [9.17, 15) is 4.79 Å². The summed E-state index contributed by atoms with van der Waals surface area (Å²) in [6.45, 7) is 13.3. The Morgan fingerprint density at radius 1 is 1.43 bits per heavy atom. The van der Waals surface area contributed by atoms with Crippen LogP contribution in [0.2, 0.25) is 18.1 Å². The van der Waals surface area contributed by atoms with Crippen molar-refractivity contribution in [3.8, 4) is 0 Å². The first-order chi connectivity index (χ1) is 9.55. The minimum Gasteiger partial charge on any atom is -0.466 e. The fourth-order valence-electron chi connectivity index (χ4n) is 1.30. The summed E-state index contributed by atoms with van der Waals surface area (Å²) in [5, 5.41) is 3.84. The van der Waals surface area contributed by atoms with Crippen LogP contribution in [0.25, 0.3) is 10.4 Å². The SMILES string of the molecule is COC(=O)/C=C/[C@H](N=[N+]=[N-])[C@H](C)CO[Si](C)(C)C(C)(C)C. The van der Waals surface area contributed by atoms with E-state index in [1.165, 1.54) is 13.2 Å². The van der Waals surface area contributed by atoms with E-state index in [0.717, 1.165) is 0 Å². The Hall–Kier alpha value is -1.30. The van der Waals surface area contributed by atoms with Crippen molar-refractivity contribution in [2.45, 2.75) is 51.9 Å². The second-order valence-electron chi connectivity index (χ2n) is 6.63. The summed E-state index contributed by atoms with van der Waals surface area (Å²) >= 11 is 0. The van der Waals surface area contributed by atoms with Gasteiger partial charge in [0.15, 0.2) is 8.32 Å². The van der Waals surface area contributed by atoms with Crippen molar-refractivity contribution in [1.82, 2.24) is 0 Å². The maximum Gasteiger partial charge on any atom is 0.330 e. The maximum atomic E-state index is 11.1. The van der Waals surface area contributed by atoms with Crippen LogP contribution in [0.3, 0.4) is 0 Å². The highest BCUT2D eigenvalue weighted by atomic mass is 28.4. The van der Waals surface area contributed by atoms with Crippen molar-refractivity contribution >= 4 is 14.3 Å². The van der Waals surface area contributed by atoms with Gasteiger partial charge < -0.3 is 9.16 Å². The van der Waals surface area contributed by atoms with E-state index < -0.39 is 20.3 Å². The van der Waals surface area contributed by atoms with Gasteiger partial charge in [-0.25, -0.2) is 4.79 Å². The van der Waals surface area contributed by atoms with Gasteiger partial charge in [0.1, 0.15) is 0 Å². The van der Waals surface area contributed by atoms with Gasteiger partial charge in [-0.1, -0.05) is 38.9 Å². The Kier molecular flexibility index (Phi) is 7.71. The van der Waals surface area contributed by atoms with Gasteiger partial charge in [-0.15, -0.1) is 0 Å². The molecule has 0 fully saturated rings. The molecule has 0 aromatic carbocycles.